The largest absolute Gasteiger partial charge is 0.488 e. The molecule has 1 aliphatic heterocycles. The molecule has 1 aliphatic rings. The van der Waals surface area contributed by atoms with E-state index in [2.05, 4.69) is 5.32 Å². The zero-order valence-electron chi connectivity index (χ0n) is 17.2. The molecule has 2 amide bonds. The van der Waals surface area contributed by atoms with Gasteiger partial charge >= 0.3 is 0 Å². The third kappa shape index (κ3) is 4.72. The maximum absolute atomic E-state index is 13.2. The first-order valence-corrected chi connectivity index (χ1v) is 10.7. The van der Waals surface area contributed by atoms with Crippen molar-refractivity contribution in [3.8, 4) is 5.75 Å². The highest BCUT2D eigenvalue weighted by atomic mass is 35.5. The number of hydrogen-bond donors (Lipinski definition) is 1. The summed E-state index contributed by atoms with van der Waals surface area (Å²) < 4.78 is 5.99. The molecular formula is C25H19ClN2O3S. The molecule has 32 heavy (non-hydrogen) atoms. The van der Waals surface area contributed by atoms with Crippen molar-refractivity contribution >= 4 is 52.5 Å². The molecule has 1 fully saturated rings. The number of thiocarbonyl (C=S) groups is 1. The Morgan fingerprint density at radius 2 is 1.81 bits per heavy atom. The molecule has 1 heterocycles. The molecule has 0 aromatic heterocycles. The van der Waals surface area contributed by atoms with E-state index in [9.17, 15) is 9.59 Å². The van der Waals surface area contributed by atoms with Crippen LogP contribution < -0.4 is 15.0 Å². The number of carbonyl (C=O) groups is 2. The molecular weight excluding hydrogens is 444 g/mol. The Kier molecular flexibility index (Phi) is 6.35. The van der Waals surface area contributed by atoms with Crippen molar-refractivity contribution in [3.63, 3.8) is 0 Å². The lowest BCUT2D eigenvalue weighted by molar-refractivity contribution is -0.122. The molecule has 3 aromatic carbocycles. The Morgan fingerprint density at radius 3 is 2.56 bits per heavy atom. The van der Waals surface area contributed by atoms with Gasteiger partial charge in [-0.05, 0) is 61.1 Å². The molecule has 0 saturated carbocycles. The molecule has 1 N–H and O–H groups in total. The lowest BCUT2D eigenvalue weighted by Gasteiger charge is -2.29. The minimum atomic E-state index is -0.572. The lowest BCUT2D eigenvalue weighted by atomic mass is 10.1. The number of halogens is 1. The third-order valence-corrected chi connectivity index (χ3v) is 5.38. The summed E-state index contributed by atoms with van der Waals surface area (Å²) in [5, 5.41) is 3.07. The van der Waals surface area contributed by atoms with Gasteiger partial charge in [0.25, 0.3) is 11.8 Å². The SMILES string of the molecule is Cc1cccc(COc2ccc(Cl)cc2/C=C2/C(=O)NC(=S)N(c3ccccc3)C2=O)c1. The van der Waals surface area contributed by atoms with E-state index in [1.807, 2.05) is 37.3 Å². The van der Waals surface area contributed by atoms with Crippen molar-refractivity contribution in [2.45, 2.75) is 13.5 Å². The number of ether oxygens (including phenoxy) is 1. The smallest absolute Gasteiger partial charge is 0.270 e. The molecule has 0 atom stereocenters. The second kappa shape index (κ2) is 9.34. The molecule has 0 bridgehead atoms. The van der Waals surface area contributed by atoms with Gasteiger partial charge in [0.05, 0.1) is 5.69 Å². The van der Waals surface area contributed by atoms with Crippen LogP contribution in [0.1, 0.15) is 16.7 Å². The Balaban J connectivity index is 1.67. The fourth-order valence-electron chi connectivity index (χ4n) is 3.35. The molecule has 1 saturated heterocycles. The van der Waals surface area contributed by atoms with Crippen molar-refractivity contribution in [2.24, 2.45) is 0 Å². The van der Waals surface area contributed by atoms with Crippen molar-refractivity contribution in [2.75, 3.05) is 4.90 Å². The number of para-hydroxylation sites is 1. The maximum Gasteiger partial charge on any atom is 0.270 e. The van der Waals surface area contributed by atoms with Crippen molar-refractivity contribution in [1.29, 1.82) is 0 Å². The van der Waals surface area contributed by atoms with E-state index in [1.54, 1.807) is 42.5 Å². The van der Waals surface area contributed by atoms with Crippen LogP contribution in [0.25, 0.3) is 6.08 Å². The average molecular weight is 463 g/mol. The Hall–Kier alpha value is -3.48. The fraction of sp³-hybridized carbons (Fsp3) is 0.0800. The van der Waals surface area contributed by atoms with E-state index in [0.717, 1.165) is 11.1 Å². The predicted molar refractivity (Wildman–Crippen MR) is 130 cm³/mol. The highest BCUT2D eigenvalue weighted by Gasteiger charge is 2.34. The predicted octanol–water partition coefficient (Wildman–Crippen LogP) is 5.06. The molecule has 0 unspecified atom stereocenters. The van der Waals surface area contributed by atoms with Crippen LogP contribution in [-0.2, 0) is 16.2 Å². The van der Waals surface area contributed by atoms with E-state index in [1.165, 1.54) is 11.0 Å². The van der Waals surface area contributed by atoms with Crippen LogP contribution in [0.3, 0.4) is 0 Å². The van der Waals surface area contributed by atoms with Gasteiger partial charge in [-0.3, -0.25) is 19.8 Å². The number of anilines is 1. The van der Waals surface area contributed by atoms with E-state index < -0.39 is 11.8 Å². The summed E-state index contributed by atoms with van der Waals surface area (Å²) in [6.07, 6.45) is 1.48. The number of hydrogen-bond acceptors (Lipinski definition) is 4. The van der Waals surface area contributed by atoms with Crippen LogP contribution in [0.5, 0.6) is 5.75 Å². The molecule has 0 spiro atoms. The van der Waals surface area contributed by atoms with Gasteiger partial charge in [0.15, 0.2) is 5.11 Å². The molecule has 3 aromatic rings. The van der Waals surface area contributed by atoms with Crippen molar-refractivity contribution in [3.05, 3.63) is 100 Å². The number of benzene rings is 3. The number of carbonyl (C=O) groups excluding carboxylic acids is 2. The number of nitrogens with one attached hydrogen (secondary N) is 1. The van der Waals surface area contributed by atoms with Gasteiger partial charge in [-0.15, -0.1) is 0 Å². The topological polar surface area (TPSA) is 58.6 Å². The summed E-state index contributed by atoms with van der Waals surface area (Å²) >= 11 is 11.4. The van der Waals surface area contributed by atoms with E-state index in [-0.39, 0.29) is 10.7 Å². The van der Waals surface area contributed by atoms with Crippen LogP contribution in [0.2, 0.25) is 5.02 Å². The van der Waals surface area contributed by atoms with Gasteiger partial charge < -0.3 is 4.74 Å². The van der Waals surface area contributed by atoms with Gasteiger partial charge in [0.1, 0.15) is 17.9 Å². The summed E-state index contributed by atoms with van der Waals surface area (Å²) in [7, 11) is 0. The monoisotopic (exact) mass is 462 g/mol. The minimum Gasteiger partial charge on any atom is -0.488 e. The van der Waals surface area contributed by atoms with Crippen LogP contribution >= 0.6 is 23.8 Å². The van der Waals surface area contributed by atoms with E-state index in [4.69, 9.17) is 28.6 Å². The lowest BCUT2D eigenvalue weighted by Crippen LogP contribution is -2.54. The molecule has 4 rings (SSSR count). The number of nitrogens with zero attached hydrogens (tertiary/aromatic N) is 1. The maximum atomic E-state index is 13.2. The molecule has 0 aliphatic carbocycles. The van der Waals surface area contributed by atoms with E-state index >= 15 is 0 Å². The van der Waals surface area contributed by atoms with Gasteiger partial charge in [-0.1, -0.05) is 59.6 Å². The normalized spacial score (nSPS) is 15.1. The summed E-state index contributed by atoms with van der Waals surface area (Å²) in [5.41, 5.74) is 3.15. The Morgan fingerprint density at radius 1 is 1.03 bits per heavy atom. The number of amides is 2. The van der Waals surface area contributed by atoms with Crippen LogP contribution in [0.4, 0.5) is 5.69 Å². The third-order valence-electron chi connectivity index (χ3n) is 4.86. The van der Waals surface area contributed by atoms with E-state index in [0.29, 0.717) is 28.6 Å². The van der Waals surface area contributed by atoms with Crippen molar-refractivity contribution in [1.82, 2.24) is 5.32 Å². The van der Waals surface area contributed by atoms with Crippen molar-refractivity contribution < 1.29 is 14.3 Å². The molecule has 7 heteroatoms. The van der Waals surface area contributed by atoms with Crippen LogP contribution in [0, 0.1) is 6.92 Å². The summed E-state index contributed by atoms with van der Waals surface area (Å²) in [6.45, 7) is 2.34. The zero-order valence-corrected chi connectivity index (χ0v) is 18.7. The molecule has 160 valence electrons. The van der Waals surface area contributed by atoms with Gasteiger partial charge in [0, 0.05) is 10.6 Å². The second-order valence-corrected chi connectivity index (χ2v) is 8.08. The fourth-order valence-corrected chi connectivity index (χ4v) is 3.81. The highest BCUT2D eigenvalue weighted by molar-refractivity contribution is 7.80. The van der Waals surface area contributed by atoms with Gasteiger partial charge in [-0.25, -0.2) is 0 Å². The first-order valence-electron chi connectivity index (χ1n) is 9.87. The molecule has 0 radical (unpaired) electrons. The summed E-state index contributed by atoms with van der Waals surface area (Å²) in [5.74, 6) is -0.588. The summed E-state index contributed by atoms with van der Waals surface area (Å²) in [6, 6.07) is 22.0. The average Bonchev–Trinajstić information content (AvgIpc) is 2.77. The first-order chi connectivity index (χ1) is 15.4. The standard InChI is InChI=1S/C25H19ClN2O3S/c1-16-6-5-7-17(12-16)15-31-22-11-10-19(26)13-18(22)14-21-23(29)27-25(32)28(24(21)30)20-8-3-2-4-9-20/h2-14H,15H2,1H3,(H,27,29,32)/b21-14-. The first kappa shape index (κ1) is 21.7. The highest BCUT2D eigenvalue weighted by Crippen LogP contribution is 2.28. The van der Waals surface area contributed by atoms with Crippen LogP contribution in [-0.4, -0.2) is 16.9 Å². The van der Waals surface area contributed by atoms with Gasteiger partial charge in [-0.2, -0.15) is 0 Å². The minimum absolute atomic E-state index is 0.0327. The molecule has 5 nitrogen and oxygen atoms in total. The van der Waals surface area contributed by atoms with Crippen LogP contribution in [0.15, 0.2) is 78.4 Å². The number of rotatable bonds is 5. The Bertz CT molecular complexity index is 1240. The quantitative estimate of drug-likeness (QED) is 0.327. The summed E-state index contributed by atoms with van der Waals surface area (Å²) in [4.78, 5) is 27.1. The van der Waals surface area contributed by atoms with Gasteiger partial charge in [0.2, 0.25) is 0 Å². The Labute approximate surface area is 196 Å². The zero-order chi connectivity index (χ0) is 22.7. The number of aryl methyl sites for hydroxylation is 1. The second-order valence-electron chi connectivity index (χ2n) is 7.25.